The Hall–Kier alpha value is -5.28. The third kappa shape index (κ3) is 2.98. The number of carbonyl (C=O) groups excluding carboxylic acids is 1. The van der Waals surface area contributed by atoms with E-state index in [1.807, 2.05) is 48.5 Å². The van der Waals surface area contributed by atoms with Crippen LogP contribution in [-0.4, -0.2) is 24.3 Å². The maximum atomic E-state index is 14.5. The first-order valence-corrected chi connectivity index (χ1v) is 14.4. The minimum atomic E-state index is -4.37. The van der Waals surface area contributed by atoms with E-state index in [1.54, 1.807) is 42.5 Å². The third-order valence-electron chi connectivity index (χ3n) is 7.85. The summed E-state index contributed by atoms with van der Waals surface area (Å²) < 4.78 is 35.3. The molecular weight excluding hydrogens is 536 g/mol. The topological polar surface area (TPSA) is 124 Å². The SMILES string of the molecule is NC1=C(S(=O)(=O)c2ccccc2)C2(C(=O)Nc3ccccc32)c2c(c3ccccc3c3nc4ccccc4nc23)O1. The number of nitrogens with two attached hydrogens (primary N) is 1. The summed E-state index contributed by atoms with van der Waals surface area (Å²) in [5.41, 5.74) is 8.03. The molecule has 1 aromatic heterocycles. The highest BCUT2D eigenvalue weighted by Crippen LogP contribution is 2.58. The van der Waals surface area contributed by atoms with Gasteiger partial charge < -0.3 is 15.8 Å². The highest BCUT2D eigenvalue weighted by atomic mass is 32.2. The lowest BCUT2D eigenvalue weighted by Gasteiger charge is -2.37. The maximum absolute atomic E-state index is 14.5. The molecule has 6 aromatic rings. The Morgan fingerprint density at radius 3 is 2.10 bits per heavy atom. The molecule has 9 heteroatoms. The second kappa shape index (κ2) is 8.12. The van der Waals surface area contributed by atoms with Gasteiger partial charge in [0, 0.05) is 27.6 Å². The zero-order valence-corrected chi connectivity index (χ0v) is 22.1. The largest absolute Gasteiger partial charge is 0.439 e. The standard InChI is InChI=1S/C32H20N4O4S/c33-30-29(41(38,39)18-10-2-1-3-11-18)32(21-14-6-7-15-22(21)36-31(32)37)25-27-26(34-23-16-8-9-17-24(23)35-27)19-12-4-5-13-20(19)28(25)40-30/h1-17H,33H2,(H,36,37). The predicted molar refractivity (Wildman–Crippen MR) is 156 cm³/mol. The first-order valence-electron chi connectivity index (χ1n) is 12.9. The van der Waals surface area contributed by atoms with Crippen LogP contribution in [-0.2, 0) is 20.0 Å². The van der Waals surface area contributed by atoms with E-state index < -0.39 is 21.2 Å². The van der Waals surface area contributed by atoms with E-state index in [0.717, 1.165) is 5.39 Å². The van der Waals surface area contributed by atoms with Gasteiger partial charge in [0.05, 0.1) is 27.0 Å². The Kier molecular flexibility index (Phi) is 4.67. The minimum absolute atomic E-state index is 0.0109. The lowest BCUT2D eigenvalue weighted by atomic mass is 9.72. The third-order valence-corrected chi connectivity index (χ3v) is 9.79. The van der Waals surface area contributed by atoms with Gasteiger partial charge in [-0.15, -0.1) is 0 Å². The molecule has 2 aliphatic rings. The number of ether oxygens (including phenoxy) is 1. The number of nitrogens with zero attached hydrogens (tertiary/aromatic N) is 2. The fraction of sp³-hybridized carbons (Fsp3) is 0.0312. The molecule has 3 heterocycles. The molecule has 0 bridgehead atoms. The summed E-state index contributed by atoms with van der Waals surface area (Å²) in [6.45, 7) is 0. The van der Waals surface area contributed by atoms with Crippen molar-refractivity contribution in [2.75, 3.05) is 5.32 Å². The van der Waals surface area contributed by atoms with Crippen LogP contribution in [0.4, 0.5) is 5.69 Å². The van der Waals surface area contributed by atoms with Crippen molar-refractivity contribution in [2.24, 2.45) is 5.73 Å². The van der Waals surface area contributed by atoms with Crippen LogP contribution in [0.5, 0.6) is 5.75 Å². The van der Waals surface area contributed by atoms with Gasteiger partial charge in [0.15, 0.2) is 0 Å². The van der Waals surface area contributed by atoms with Crippen LogP contribution in [0.25, 0.3) is 32.8 Å². The van der Waals surface area contributed by atoms with Gasteiger partial charge in [-0.3, -0.25) is 4.79 Å². The van der Waals surface area contributed by atoms with Crippen LogP contribution >= 0.6 is 0 Å². The van der Waals surface area contributed by atoms with E-state index in [0.29, 0.717) is 38.7 Å². The number of sulfone groups is 1. The molecule has 1 amide bonds. The Bertz CT molecular complexity index is 2270. The van der Waals surface area contributed by atoms with Gasteiger partial charge in [-0.05, 0) is 30.3 Å². The zero-order chi connectivity index (χ0) is 27.9. The Balaban J connectivity index is 1.63. The normalized spacial score (nSPS) is 18.0. The molecule has 8 rings (SSSR count). The van der Waals surface area contributed by atoms with Gasteiger partial charge in [0.1, 0.15) is 16.1 Å². The Morgan fingerprint density at radius 2 is 1.34 bits per heavy atom. The molecule has 198 valence electrons. The van der Waals surface area contributed by atoms with Crippen molar-refractivity contribution in [1.82, 2.24) is 9.97 Å². The zero-order valence-electron chi connectivity index (χ0n) is 21.3. The summed E-state index contributed by atoms with van der Waals surface area (Å²) in [7, 11) is -4.37. The molecule has 0 saturated heterocycles. The van der Waals surface area contributed by atoms with Crippen LogP contribution < -0.4 is 15.8 Å². The van der Waals surface area contributed by atoms with Crippen LogP contribution in [0.2, 0.25) is 0 Å². The number of rotatable bonds is 2. The van der Waals surface area contributed by atoms with E-state index in [2.05, 4.69) is 5.32 Å². The molecule has 0 aliphatic carbocycles. The van der Waals surface area contributed by atoms with Crippen molar-refractivity contribution < 1.29 is 17.9 Å². The van der Waals surface area contributed by atoms with E-state index in [-0.39, 0.29) is 27.0 Å². The molecule has 0 saturated carbocycles. The van der Waals surface area contributed by atoms with E-state index in [1.165, 1.54) is 12.1 Å². The van der Waals surface area contributed by atoms with Crippen molar-refractivity contribution in [1.29, 1.82) is 0 Å². The molecule has 41 heavy (non-hydrogen) atoms. The highest BCUT2D eigenvalue weighted by Gasteiger charge is 2.61. The minimum Gasteiger partial charge on any atom is -0.439 e. The van der Waals surface area contributed by atoms with Gasteiger partial charge >= 0.3 is 0 Å². The fourth-order valence-electron chi connectivity index (χ4n) is 6.18. The number of carbonyl (C=O) groups is 1. The molecule has 1 unspecified atom stereocenters. The average molecular weight is 557 g/mol. The highest BCUT2D eigenvalue weighted by molar-refractivity contribution is 7.95. The first-order chi connectivity index (χ1) is 19.9. The number of hydrogen-bond acceptors (Lipinski definition) is 7. The summed E-state index contributed by atoms with van der Waals surface area (Å²) in [6.07, 6.45) is 0. The maximum Gasteiger partial charge on any atom is 0.245 e. The first kappa shape index (κ1) is 23.6. The monoisotopic (exact) mass is 556 g/mol. The second-order valence-electron chi connectivity index (χ2n) is 10.0. The van der Waals surface area contributed by atoms with Crippen molar-refractivity contribution >= 4 is 54.3 Å². The van der Waals surface area contributed by atoms with Crippen molar-refractivity contribution in [3.05, 3.63) is 125 Å². The number of amides is 1. The van der Waals surface area contributed by atoms with E-state index in [9.17, 15) is 13.2 Å². The molecule has 5 aromatic carbocycles. The summed E-state index contributed by atoms with van der Waals surface area (Å²) in [5, 5.41) is 4.30. The molecule has 1 spiro atoms. The smallest absolute Gasteiger partial charge is 0.245 e. The molecule has 3 N–H and O–H groups in total. The van der Waals surface area contributed by atoms with Crippen LogP contribution in [0.1, 0.15) is 11.1 Å². The van der Waals surface area contributed by atoms with Crippen molar-refractivity contribution in [3.63, 3.8) is 0 Å². The Morgan fingerprint density at radius 1 is 0.732 bits per heavy atom. The summed E-state index contributed by atoms with van der Waals surface area (Å²) in [4.78, 5) is 24.1. The molecule has 2 aliphatic heterocycles. The van der Waals surface area contributed by atoms with Crippen LogP contribution in [0.3, 0.4) is 0 Å². The van der Waals surface area contributed by atoms with Gasteiger partial charge in [0.25, 0.3) is 0 Å². The number of anilines is 1. The average Bonchev–Trinajstić information content (AvgIpc) is 3.27. The number of fused-ring (bicyclic) bond motifs is 10. The van der Waals surface area contributed by atoms with Crippen LogP contribution in [0.15, 0.2) is 119 Å². The fourth-order valence-corrected chi connectivity index (χ4v) is 7.95. The number of benzene rings is 5. The molecule has 1 atom stereocenters. The van der Waals surface area contributed by atoms with Gasteiger partial charge in [-0.2, -0.15) is 0 Å². The Labute approximate surface area is 234 Å². The number of nitrogens with one attached hydrogen (secondary N) is 1. The van der Waals surface area contributed by atoms with Crippen molar-refractivity contribution in [2.45, 2.75) is 10.3 Å². The quantitative estimate of drug-likeness (QED) is 0.223. The lowest BCUT2D eigenvalue weighted by Crippen LogP contribution is -2.45. The number of aromatic nitrogens is 2. The molecule has 0 fully saturated rings. The number of hydrogen-bond donors (Lipinski definition) is 2. The molecule has 8 nitrogen and oxygen atoms in total. The summed E-state index contributed by atoms with van der Waals surface area (Å²) >= 11 is 0. The van der Waals surface area contributed by atoms with Gasteiger partial charge in [-0.25, -0.2) is 18.4 Å². The van der Waals surface area contributed by atoms with Crippen LogP contribution in [0, 0.1) is 0 Å². The molecular formula is C32H20N4O4S. The second-order valence-corrected chi connectivity index (χ2v) is 11.9. The summed E-state index contributed by atoms with van der Waals surface area (Å²) in [5.74, 6) is -0.659. The van der Waals surface area contributed by atoms with E-state index in [4.69, 9.17) is 20.4 Å². The van der Waals surface area contributed by atoms with Crippen molar-refractivity contribution in [3.8, 4) is 5.75 Å². The number of para-hydroxylation sites is 3. The molecule has 0 radical (unpaired) electrons. The summed E-state index contributed by atoms with van der Waals surface area (Å²) in [6, 6.07) is 29.8. The van der Waals surface area contributed by atoms with Gasteiger partial charge in [-0.1, -0.05) is 72.8 Å². The van der Waals surface area contributed by atoms with E-state index >= 15 is 0 Å². The predicted octanol–water partition coefficient (Wildman–Crippen LogP) is 5.17. The van der Waals surface area contributed by atoms with Gasteiger partial charge in [0.2, 0.25) is 21.6 Å². The lowest BCUT2D eigenvalue weighted by molar-refractivity contribution is -0.118.